The molecule has 0 aromatic heterocycles. The Morgan fingerprint density at radius 1 is 1.75 bits per heavy atom. The second-order valence-corrected chi connectivity index (χ2v) is 2.19. The van der Waals surface area contributed by atoms with Crippen LogP contribution in [0.3, 0.4) is 0 Å². The van der Waals surface area contributed by atoms with E-state index in [4.69, 9.17) is 5.41 Å². The highest BCUT2D eigenvalue weighted by Gasteiger charge is 1.95. The van der Waals surface area contributed by atoms with E-state index in [1.807, 2.05) is 0 Å². The standard InChI is InChI=1S/C7H14N/c1-3-4-7(2)5-6-8/h6-8H,1,3-5H2,2H3. The zero-order chi connectivity index (χ0) is 6.41. The second kappa shape index (κ2) is 4.82. The van der Waals surface area contributed by atoms with Gasteiger partial charge >= 0.3 is 0 Å². The Hall–Kier alpha value is -0.330. The Labute approximate surface area is 51.6 Å². The molecule has 0 spiro atoms. The molecule has 0 saturated heterocycles. The summed E-state index contributed by atoms with van der Waals surface area (Å²) in [6.07, 6.45) is 4.53. The monoisotopic (exact) mass is 112 g/mol. The normalized spacial score (nSPS) is 13.2. The SMILES string of the molecule is [CH2]CCC(C)CC=N. The molecule has 1 nitrogen and oxygen atoms in total. The first-order valence-corrected chi connectivity index (χ1v) is 3.09. The fourth-order valence-electron chi connectivity index (χ4n) is 0.667. The zero-order valence-electron chi connectivity index (χ0n) is 5.48. The summed E-state index contributed by atoms with van der Waals surface area (Å²) >= 11 is 0. The quantitative estimate of drug-likeness (QED) is 0.539. The van der Waals surface area contributed by atoms with Crippen LogP contribution in [-0.2, 0) is 0 Å². The minimum absolute atomic E-state index is 0.657. The van der Waals surface area contributed by atoms with Crippen LogP contribution in [0.5, 0.6) is 0 Å². The Bertz CT molecular complexity index is 59.4. The van der Waals surface area contributed by atoms with Crippen molar-refractivity contribution in [1.29, 1.82) is 5.41 Å². The summed E-state index contributed by atoms with van der Waals surface area (Å²) in [4.78, 5) is 0. The second-order valence-electron chi connectivity index (χ2n) is 2.19. The first kappa shape index (κ1) is 7.67. The van der Waals surface area contributed by atoms with Gasteiger partial charge in [-0.1, -0.05) is 26.7 Å². The maximum absolute atomic E-state index is 6.77. The number of hydrogen-bond donors (Lipinski definition) is 1. The van der Waals surface area contributed by atoms with E-state index >= 15 is 0 Å². The first-order valence-electron chi connectivity index (χ1n) is 3.09. The van der Waals surface area contributed by atoms with Gasteiger partial charge in [0.2, 0.25) is 0 Å². The smallest absolute Gasteiger partial charge is 0.00451 e. The van der Waals surface area contributed by atoms with Crippen molar-refractivity contribution < 1.29 is 0 Å². The summed E-state index contributed by atoms with van der Waals surface area (Å²) in [5, 5.41) is 6.77. The van der Waals surface area contributed by atoms with Crippen molar-refractivity contribution in [2.45, 2.75) is 26.2 Å². The highest BCUT2D eigenvalue weighted by molar-refractivity contribution is 5.53. The van der Waals surface area contributed by atoms with Gasteiger partial charge in [-0.15, -0.1) is 0 Å². The molecule has 47 valence electrons. The lowest BCUT2D eigenvalue weighted by Crippen LogP contribution is -1.92. The summed E-state index contributed by atoms with van der Waals surface area (Å²) in [6, 6.07) is 0. The molecule has 0 amide bonds. The van der Waals surface area contributed by atoms with Crippen LogP contribution in [0, 0.1) is 18.3 Å². The van der Waals surface area contributed by atoms with Crippen LogP contribution in [0.1, 0.15) is 26.2 Å². The molecule has 0 fully saturated rings. The molecule has 0 bridgehead atoms. The number of nitrogens with one attached hydrogen (secondary N) is 1. The van der Waals surface area contributed by atoms with Crippen LogP contribution in [0.4, 0.5) is 0 Å². The van der Waals surface area contributed by atoms with E-state index in [2.05, 4.69) is 13.8 Å². The highest BCUT2D eigenvalue weighted by atomic mass is 14.3. The molecular weight excluding hydrogens is 98.1 g/mol. The van der Waals surface area contributed by atoms with Gasteiger partial charge in [-0.3, -0.25) is 0 Å². The van der Waals surface area contributed by atoms with E-state index < -0.39 is 0 Å². The van der Waals surface area contributed by atoms with Crippen molar-refractivity contribution in [3.63, 3.8) is 0 Å². The lowest BCUT2D eigenvalue weighted by Gasteiger charge is -2.02. The molecule has 0 aliphatic heterocycles. The van der Waals surface area contributed by atoms with Gasteiger partial charge < -0.3 is 5.41 Å². The lowest BCUT2D eigenvalue weighted by molar-refractivity contribution is 0.562. The number of rotatable bonds is 4. The largest absolute Gasteiger partial charge is 0.313 e. The third kappa shape index (κ3) is 3.85. The topological polar surface area (TPSA) is 23.9 Å². The molecule has 8 heavy (non-hydrogen) atoms. The van der Waals surface area contributed by atoms with Gasteiger partial charge in [0, 0.05) is 0 Å². The van der Waals surface area contributed by atoms with Gasteiger partial charge in [0.25, 0.3) is 0 Å². The van der Waals surface area contributed by atoms with E-state index in [0.717, 1.165) is 19.3 Å². The molecule has 0 aliphatic rings. The average Bonchev–Trinajstić information content (AvgIpc) is 1.68. The van der Waals surface area contributed by atoms with Gasteiger partial charge in [-0.25, -0.2) is 0 Å². The molecular formula is C7H14N. The van der Waals surface area contributed by atoms with Crippen LogP contribution in [0.25, 0.3) is 0 Å². The Balaban J connectivity index is 3.03. The van der Waals surface area contributed by atoms with Crippen LogP contribution in [-0.4, -0.2) is 6.21 Å². The Morgan fingerprint density at radius 2 is 2.38 bits per heavy atom. The van der Waals surface area contributed by atoms with Gasteiger partial charge in [-0.05, 0) is 18.6 Å². The minimum atomic E-state index is 0.657. The van der Waals surface area contributed by atoms with Crippen LogP contribution >= 0.6 is 0 Å². The van der Waals surface area contributed by atoms with Crippen molar-refractivity contribution in [1.82, 2.24) is 0 Å². The summed E-state index contributed by atoms with van der Waals surface area (Å²) < 4.78 is 0. The highest BCUT2D eigenvalue weighted by Crippen LogP contribution is 2.06. The van der Waals surface area contributed by atoms with Crippen molar-refractivity contribution in [2.75, 3.05) is 0 Å². The summed E-state index contributed by atoms with van der Waals surface area (Å²) in [7, 11) is 0. The molecule has 0 rings (SSSR count). The lowest BCUT2D eigenvalue weighted by atomic mass is 10.0. The predicted molar refractivity (Wildman–Crippen MR) is 37.2 cm³/mol. The number of hydrogen-bond acceptors (Lipinski definition) is 1. The molecule has 1 heteroatoms. The summed E-state index contributed by atoms with van der Waals surface area (Å²) in [5.41, 5.74) is 0. The van der Waals surface area contributed by atoms with Crippen LogP contribution < -0.4 is 0 Å². The zero-order valence-corrected chi connectivity index (χ0v) is 5.48. The fourth-order valence-corrected chi connectivity index (χ4v) is 0.667. The summed E-state index contributed by atoms with van der Waals surface area (Å²) in [5.74, 6) is 0.657. The van der Waals surface area contributed by atoms with Gasteiger partial charge in [0.15, 0.2) is 0 Å². The van der Waals surface area contributed by atoms with E-state index in [1.165, 1.54) is 6.21 Å². The average molecular weight is 112 g/mol. The maximum Gasteiger partial charge on any atom is -0.00451 e. The van der Waals surface area contributed by atoms with Gasteiger partial charge in [0.1, 0.15) is 0 Å². The van der Waals surface area contributed by atoms with E-state index in [1.54, 1.807) is 0 Å². The van der Waals surface area contributed by atoms with E-state index in [-0.39, 0.29) is 0 Å². The molecule has 0 aromatic rings. The maximum atomic E-state index is 6.77. The molecule has 1 unspecified atom stereocenters. The molecule has 0 heterocycles. The molecule has 0 aromatic carbocycles. The van der Waals surface area contributed by atoms with Gasteiger partial charge in [-0.2, -0.15) is 0 Å². The molecule has 1 atom stereocenters. The third-order valence-corrected chi connectivity index (χ3v) is 1.22. The Kier molecular flexibility index (Phi) is 4.62. The van der Waals surface area contributed by atoms with Crippen LogP contribution in [0.15, 0.2) is 0 Å². The first-order chi connectivity index (χ1) is 3.81. The van der Waals surface area contributed by atoms with E-state index in [9.17, 15) is 0 Å². The van der Waals surface area contributed by atoms with Gasteiger partial charge in [0.05, 0.1) is 0 Å². The third-order valence-electron chi connectivity index (χ3n) is 1.22. The summed E-state index contributed by atoms with van der Waals surface area (Å²) in [6.45, 7) is 5.88. The molecule has 1 radical (unpaired) electrons. The Morgan fingerprint density at radius 3 is 2.75 bits per heavy atom. The molecule has 0 saturated carbocycles. The van der Waals surface area contributed by atoms with Crippen molar-refractivity contribution in [3.8, 4) is 0 Å². The van der Waals surface area contributed by atoms with Crippen LogP contribution in [0.2, 0.25) is 0 Å². The molecule has 1 N–H and O–H groups in total. The predicted octanol–water partition coefficient (Wildman–Crippen LogP) is 2.28. The minimum Gasteiger partial charge on any atom is -0.313 e. The van der Waals surface area contributed by atoms with E-state index in [0.29, 0.717) is 5.92 Å². The van der Waals surface area contributed by atoms with Crippen molar-refractivity contribution >= 4 is 6.21 Å². The van der Waals surface area contributed by atoms with Crippen molar-refractivity contribution in [3.05, 3.63) is 6.92 Å². The fraction of sp³-hybridized carbons (Fsp3) is 0.714. The molecule has 0 aliphatic carbocycles. The van der Waals surface area contributed by atoms with Crippen molar-refractivity contribution in [2.24, 2.45) is 5.92 Å².